The summed E-state index contributed by atoms with van der Waals surface area (Å²) in [7, 11) is 1.87. The molecule has 19 heavy (non-hydrogen) atoms. The van der Waals surface area contributed by atoms with Crippen LogP contribution in [0.4, 0.5) is 5.82 Å². The minimum absolute atomic E-state index is 0.0163. The van der Waals surface area contributed by atoms with Crippen LogP contribution in [0.15, 0.2) is 18.2 Å². The van der Waals surface area contributed by atoms with E-state index in [4.69, 9.17) is 0 Å². The normalized spacial score (nSPS) is 11.6. The number of anilines is 1. The van der Waals surface area contributed by atoms with Crippen LogP contribution in [0.3, 0.4) is 0 Å². The van der Waals surface area contributed by atoms with Crippen LogP contribution >= 0.6 is 0 Å². The number of nitrogens with one attached hydrogen (secondary N) is 2. The Labute approximate surface area is 113 Å². The van der Waals surface area contributed by atoms with Crippen LogP contribution in [-0.2, 0) is 12.5 Å². The summed E-state index contributed by atoms with van der Waals surface area (Å²) >= 11 is 0. The summed E-state index contributed by atoms with van der Waals surface area (Å²) < 4.78 is 1.85. The van der Waals surface area contributed by atoms with Crippen molar-refractivity contribution in [2.45, 2.75) is 33.1 Å². The second-order valence-corrected chi connectivity index (χ2v) is 5.79. The van der Waals surface area contributed by atoms with Crippen molar-refractivity contribution in [3.8, 4) is 0 Å². The Bertz CT molecular complexity index is 601. The Hall–Kier alpha value is -2.04. The molecule has 0 aliphatic carbocycles. The van der Waals surface area contributed by atoms with Crippen molar-refractivity contribution in [1.29, 1.82) is 0 Å². The molecule has 0 bridgehead atoms. The Morgan fingerprint density at radius 3 is 2.53 bits per heavy atom. The summed E-state index contributed by atoms with van der Waals surface area (Å²) in [4.78, 5) is 12.1. The molecular weight excluding hydrogens is 240 g/mol. The molecule has 0 aromatic carbocycles. The lowest BCUT2D eigenvalue weighted by Gasteiger charge is -2.14. The van der Waals surface area contributed by atoms with Gasteiger partial charge in [-0.05, 0) is 19.1 Å². The highest BCUT2D eigenvalue weighted by Crippen LogP contribution is 2.22. The monoisotopic (exact) mass is 260 g/mol. The zero-order chi connectivity index (χ0) is 14.2. The average Bonchev–Trinajstić information content (AvgIpc) is 2.87. The number of aromatic amines is 1. The van der Waals surface area contributed by atoms with Gasteiger partial charge in [0.25, 0.3) is 5.91 Å². The first-order valence-electron chi connectivity index (χ1n) is 6.28. The van der Waals surface area contributed by atoms with Crippen LogP contribution < -0.4 is 5.32 Å². The molecule has 0 radical (unpaired) electrons. The first-order valence-corrected chi connectivity index (χ1v) is 6.28. The van der Waals surface area contributed by atoms with E-state index >= 15 is 0 Å². The number of carbonyl (C=O) groups excluding carboxylic acids is 1. The van der Waals surface area contributed by atoms with Crippen LogP contribution in [0.25, 0.3) is 0 Å². The molecule has 102 valence electrons. The van der Waals surface area contributed by atoms with E-state index in [0.717, 1.165) is 11.4 Å². The Balaban J connectivity index is 2.16. The third-order valence-electron chi connectivity index (χ3n) is 3.23. The largest absolute Gasteiger partial charge is 0.344 e. The van der Waals surface area contributed by atoms with Crippen LogP contribution in [0.1, 0.15) is 42.6 Å². The number of aryl methyl sites for hydroxylation is 1. The highest BCUT2D eigenvalue weighted by atomic mass is 16.2. The van der Waals surface area contributed by atoms with Gasteiger partial charge in [0.1, 0.15) is 5.69 Å². The second-order valence-electron chi connectivity index (χ2n) is 5.79. The molecule has 2 N–H and O–H groups in total. The first kappa shape index (κ1) is 13.4. The van der Waals surface area contributed by atoms with Crippen molar-refractivity contribution in [3.05, 3.63) is 35.3 Å². The molecule has 2 aromatic rings. The maximum atomic E-state index is 12.1. The summed E-state index contributed by atoms with van der Waals surface area (Å²) in [5.41, 5.74) is 2.64. The van der Waals surface area contributed by atoms with E-state index in [1.54, 1.807) is 0 Å². The molecule has 0 unspecified atom stereocenters. The topological polar surface area (TPSA) is 62.7 Å². The third kappa shape index (κ3) is 2.70. The zero-order valence-electron chi connectivity index (χ0n) is 12.0. The summed E-state index contributed by atoms with van der Waals surface area (Å²) in [6.07, 6.45) is 0. The molecule has 0 aliphatic heterocycles. The van der Waals surface area contributed by atoms with Crippen molar-refractivity contribution in [2.75, 3.05) is 5.32 Å². The fraction of sp³-hybridized carbons (Fsp3) is 0.429. The summed E-state index contributed by atoms with van der Waals surface area (Å²) in [6.45, 7) is 8.23. The molecule has 2 rings (SSSR count). The van der Waals surface area contributed by atoms with Crippen LogP contribution in [0.5, 0.6) is 0 Å². The Kier molecular flexibility index (Phi) is 3.22. The van der Waals surface area contributed by atoms with Gasteiger partial charge in [0, 0.05) is 29.9 Å². The second kappa shape index (κ2) is 4.57. The molecule has 0 aliphatic rings. The summed E-state index contributed by atoms with van der Waals surface area (Å²) in [5.74, 6) is 0.399. The number of hydrogen-bond acceptors (Lipinski definition) is 2. The minimum atomic E-state index is -0.150. The smallest absolute Gasteiger partial charge is 0.273 e. The molecular formula is C14H20N4O. The van der Waals surface area contributed by atoms with E-state index in [1.165, 1.54) is 0 Å². The minimum Gasteiger partial charge on any atom is -0.344 e. The molecule has 2 aromatic heterocycles. The number of aromatic nitrogens is 3. The van der Waals surface area contributed by atoms with Crippen molar-refractivity contribution in [3.63, 3.8) is 0 Å². The van der Waals surface area contributed by atoms with Crippen LogP contribution in [-0.4, -0.2) is 20.7 Å². The first-order chi connectivity index (χ1) is 8.79. The summed E-state index contributed by atoms with van der Waals surface area (Å²) in [6, 6.07) is 5.59. The van der Waals surface area contributed by atoms with E-state index in [0.29, 0.717) is 11.5 Å². The molecule has 5 nitrogen and oxygen atoms in total. The van der Waals surface area contributed by atoms with Gasteiger partial charge in [0.15, 0.2) is 5.82 Å². The highest BCUT2D eigenvalue weighted by molar-refractivity contribution is 6.02. The van der Waals surface area contributed by atoms with Gasteiger partial charge in [-0.1, -0.05) is 20.8 Å². The lowest BCUT2D eigenvalue weighted by molar-refractivity contribution is 0.101. The maximum absolute atomic E-state index is 12.1. The fourth-order valence-electron chi connectivity index (χ4n) is 1.79. The molecule has 0 saturated heterocycles. The quantitative estimate of drug-likeness (QED) is 0.871. The van der Waals surface area contributed by atoms with Gasteiger partial charge in [-0.3, -0.25) is 9.89 Å². The average molecular weight is 260 g/mol. The predicted molar refractivity (Wildman–Crippen MR) is 75.4 cm³/mol. The molecule has 0 atom stereocenters. The van der Waals surface area contributed by atoms with Gasteiger partial charge in [0.2, 0.25) is 0 Å². The van der Waals surface area contributed by atoms with E-state index in [-0.39, 0.29) is 11.3 Å². The lowest BCUT2D eigenvalue weighted by Crippen LogP contribution is -2.16. The third-order valence-corrected chi connectivity index (χ3v) is 3.23. The lowest BCUT2D eigenvalue weighted by atomic mass is 9.92. The standard InChI is InChI=1S/C14H20N4O/c1-9-6-7-10(18(9)5)13(19)15-12-8-11(16-17-12)14(2,3)4/h6-8H,1-5H3,(H2,15,16,17,19). The summed E-state index contributed by atoms with van der Waals surface area (Å²) in [5, 5.41) is 9.87. The molecule has 0 spiro atoms. The zero-order valence-corrected chi connectivity index (χ0v) is 12.0. The Morgan fingerprint density at radius 1 is 1.37 bits per heavy atom. The molecule has 0 fully saturated rings. The van der Waals surface area contributed by atoms with Gasteiger partial charge in [-0.2, -0.15) is 5.10 Å². The SMILES string of the molecule is Cc1ccc(C(=O)Nc2cc(C(C)(C)C)[nH]n2)n1C. The number of carbonyl (C=O) groups is 1. The number of amides is 1. The van der Waals surface area contributed by atoms with Gasteiger partial charge in [-0.15, -0.1) is 0 Å². The molecule has 0 saturated carbocycles. The molecule has 1 amide bonds. The number of hydrogen-bond donors (Lipinski definition) is 2. The van der Waals surface area contributed by atoms with Crippen molar-refractivity contribution < 1.29 is 4.79 Å². The van der Waals surface area contributed by atoms with Gasteiger partial charge in [0.05, 0.1) is 0 Å². The molecule has 5 heteroatoms. The highest BCUT2D eigenvalue weighted by Gasteiger charge is 2.18. The van der Waals surface area contributed by atoms with E-state index in [1.807, 2.05) is 36.7 Å². The Morgan fingerprint density at radius 2 is 2.05 bits per heavy atom. The maximum Gasteiger partial charge on any atom is 0.273 e. The molecule has 2 heterocycles. The van der Waals surface area contributed by atoms with E-state index in [2.05, 4.69) is 36.3 Å². The van der Waals surface area contributed by atoms with Gasteiger partial charge in [-0.25, -0.2) is 0 Å². The fourth-order valence-corrected chi connectivity index (χ4v) is 1.79. The van der Waals surface area contributed by atoms with Crippen LogP contribution in [0, 0.1) is 6.92 Å². The van der Waals surface area contributed by atoms with Crippen molar-refractivity contribution in [2.24, 2.45) is 7.05 Å². The van der Waals surface area contributed by atoms with Gasteiger partial charge >= 0.3 is 0 Å². The number of H-pyrrole nitrogens is 1. The number of rotatable bonds is 2. The van der Waals surface area contributed by atoms with Crippen LogP contribution in [0.2, 0.25) is 0 Å². The van der Waals surface area contributed by atoms with Gasteiger partial charge < -0.3 is 9.88 Å². The van der Waals surface area contributed by atoms with E-state index < -0.39 is 0 Å². The predicted octanol–water partition coefficient (Wildman–Crippen LogP) is 2.61. The number of nitrogens with zero attached hydrogens (tertiary/aromatic N) is 2. The van der Waals surface area contributed by atoms with Crippen molar-refractivity contribution >= 4 is 11.7 Å². The van der Waals surface area contributed by atoms with Crippen molar-refractivity contribution in [1.82, 2.24) is 14.8 Å². The van der Waals surface area contributed by atoms with E-state index in [9.17, 15) is 4.79 Å².